The van der Waals surface area contributed by atoms with Crippen molar-refractivity contribution in [3.05, 3.63) is 64.6 Å². The topological polar surface area (TPSA) is 56.5 Å². The standard InChI is InChI=1S/C17H17N3O2/c1-11-5-6-12(2)14(9-11)10-22-17(21)15-13(3)19-20-8-4-7-18-16(15)20/h4-9H,10H2,1-3H3. The third kappa shape index (κ3) is 2.57. The van der Waals surface area contributed by atoms with E-state index in [1.54, 1.807) is 29.9 Å². The van der Waals surface area contributed by atoms with Gasteiger partial charge in [-0.2, -0.15) is 5.10 Å². The second-order valence-corrected chi connectivity index (χ2v) is 5.35. The van der Waals surface area contributed by atoms with Crippen LogP contribution in [0, 0.1) is 20.8 Å². The number of benzene rings is 1. The molecule has 0 spiro atoms. The summed E-state index contributed by atoms with van der Waals surface area (Å²) >= 11 is 0. The zero-order valence-electron chi connectivity index (χ0n) is 12.8. The van der Waals surface area contributed by atoms with Crippen molar-refractivity contribution in [2.45, 2.75) is 27.4 Å². The second kappa shape index (κ2) is 5.60. The molecule has 0 saturated heterocycles. The number of nitrogens with zero attached hydrogens (tertiary/aromatic N) is 3. The average molecular weight is 295 g/mol. The minimum absolute atomic E-state index is 0.246. The summed E-state index contributed by atoms with van der Waals surface area (Å²) in [4.78, 5) is 16.6. The minimum atomic E-state index is -0.396. The monoisotopic (exact) mass is 295 g/mol. The molecule has 0 saturated carbocycles. The van der Waals surface area contributed by atoms with Gasteiger partial charge in [-0.25, -0.2) is 14.3 Å². The summed E-state index contributed by atoms with van der Waals surface area (Å²) in [6.45, 7) is 6.05. The van der Waals surface area contributed by atoms with E-state index < -0.39 is 5.97 Å². The van der Waals surface area contributed by atoms with Crippen LogP contribution in [0.1, 0.15) is 32.7 Å². The molecule has 0 aliphatic rings. The zero-order chi connectivity index (χ0) is 15.7. The quantitative estimate of drug-likeness (QED) is 0.697. The molecule has 5 nitrogen and oxygen atoms in total. The highest BCUT2D eigenvalue weighted by Crippen LogP contribution is 2.17. The molecule has 0 aliphatic heterocycles. The van der Waals surface area contributed by atoms with Gasteiger partial charge in [0, 0.05) is 12.4 Å². The van der Waals surface area contributed by atoms with Crippen LogP contribution < -0.4 is 0 Å². The molecule has 3 aromatic rings. The highest BCUT2D eigenvalue weighted by atomic mass is 16.5. The summed E-state index contributed by atoms with van der Waals surface area (Å²) in [5, 5.41) is 4.27. The molecule has 3 rings (SSSR count). The van der Waals surface area contributed by atoms with Crippen molar-refractivity contribution in [1.29, 1.82) is 0 Å². The number of rotatable bonds is 3. The number of fused-ring (bicyclic) bond motifs is 1. The van der Waals surface area contributed by atoms with Gasteiger partial charge in [0.1, 0.15) is 12.2 Å². The molecule has 0 aliphatic carbocycles. The SMILES string of the molecule is Cc1ccc(C)c(COC(=O)c2c(C)nn3cccnc23)c1. The van der Waals surface area contributed by atoms with Crippen molar-refractivity contribution in [2.75, 3.05) is 0 Å². The van der Waals surface area contributed by atoms with Crippen molar-refractivity contribution in [3.8, 4) is 0 Å². The molecular weight excluding hydrogens is 278 g/mol. The summed E-state index contributed by atoms with van der Waals surface area (Å²) < 4.78 is 7.05. The molecule has 0 bridgehead atoms. The van der Waals surface area contributed by atoms with Crippen LogP contribution in [0.15, 0.2) is 36.7 Å². The summed E-state index contributed by atoms with van der Waals surface area (Å²) in [5.74, 6) is -0.396. The number of hydrogen-bond donors (Lipinski definition) is 0. The molecular formula is C17H17N3O2. The van der Waals surface area contributed by atoms with E-state index >= 15 is 0 Å². The summed E-state index contributed by atoms with van der Waals surface area (Å²) in [6, 6.07) is 7.87. The lowest BCUT2D eigenvalue weighted by Crippen LogP contribution is -2.08. The molecule has 1 aromatic carbocycles. The Morgan fingerprint density at radius 3 is 2.91 bits per heavy atom. The Morgan fingerprint density at radius 1 is 1.27 bits per heavy atom. The van der Waals surface area contributed by atoms with Gasteiger partial charge in [0.25, 0.3) is 0 Å². The van der Waals surface area contributed by atoms with E-state index in [-0.39, 0.29) is 6.61 Å². The molecule has 2 aromatic heterocycles. The van der Waals surface area contributed by atoms with Crippen molar-refractivity contribution in [2.24, 2.45) is 0 Å². The first-order valence-electron chi connectivity index (χ1n) is 7.09. The van der Waals surface area contributed by atoms with Gasteiger partial charge >= 0.3 is 5.97 Å². The first-order valence-corrected chi connectivity index (χ1v) is 7.09. The lowest BCUT2D eigenvalue weighted by molar-refractivity contribution is 0.0473. The number of aryl methyl sites for hydroxylation is 3. The Labute approximate surface area is 128 Å². The fourth-order valence-corrected chi connectivity index (χ4v) is 2.41. The van der Waals surface area contributed by atoms with Gasteiger partial charge in [-0.15, -0.1) is 0 Å². The predicted molar refractivity (Wildman–Crippen MR) is 82.8 cm³/mol. The largest absolute Gasteiger partial charge is 0.457 e. The van der Waals surface area contributed by atoms with E-state index in [4.69, 9.17) is 4.74 Å². The van der Waals surface area contributed by atoms with Crippen molar-refractivity contribution < 1.29 is 9.53 Å². The maximum absolute atomic E-state index is 12.4. The van der Waals surface area contributed by atoms with Crippen LogP contribution in [0.5, 0.6) is 0 Å². The van der Waals surface area contributed by atoms with Crippen molar-refractivity contribution in [3.63, 3.8) is 0 Å². The Bertz CT molecular complexity index is 852. The molecule has 0 atom stereocenters. The van der Waals surface area contributed by atoms with Gasteiger partial charge in [0.15, 0.2) is 5.65 Å². The lowest BCUT2D eigenvalue weighted by Gasteiger charge is -2.08. The van der Waals surface area contributed by atoms with Crippen LogP contribution >= 0.6 is 0 Å². The Hall–Kier alpha value is -2.69. The van der Waals surface area contributed by atoms with Crippen LogP contribution in [0.25, 0.3) is 5.65 Å². The third-order valence-corrected chi connectivity index (χ3v) is 3.64. The van der Waals surface area contributed by atoms with Crippen molar-refractivity contribution in [1.82, 2.24) is 14.6 Å². The molecule has 0 fully saturated rings. The number of ether oxygens (including phenoxy) is 1. The first-order chi connectivity index (χ1) is 10.6. The first kappa shape index (κ1) is 14.3. The van der Waals surface area contributed by atoms with Crippen LogP contribution in [0.2, 0.25) is 0 Å². The fourth-order valence-electron chi connectivity index (χ4n) is 2.41. The highest BCUT2D eigenvalue weighted by Gasteiger charge is 2.19. The van der Waals surface area contributed by atoms with Crippen LogP contribution in [0.4, 0.5) is 0 Å². The molecule has 112 valence electrons. The Morgan fingerprint density at radius 2 is 2.09 bits per heavy atom. The maximum atomic E-state index is 12.4. The van der Waals surface area contributed by atoms with Crippen LogP contribution in [-0.2, 0) is 11.3 Å². The Balaban J connectivity index is 1.85. The minimum Gasteiger partial charge on any atom is -0.457 e. The molecule has 0 N–H and O–H groups in total. The van der Waals surface area contributed by atoms with Gasteiger partial charge in [0.2, 0.25) is 0 Å². The average Bonchev–Trinajstić information content (AvgIpc) is 2.83. The smallest absolute Gasteiger partial charge is 0.344 e. The highest BCUT2D eigenvalue weighted by molar-refractivity contribution is 5.97. The zero-order valence-corrected chi connectivity index (χ0v) is 12.8. The number of aromatic nitrogens is 3. The van der Waals surface area contributed by atoms with Gasteiger partial charge in [-0.1, -0.05) is 23.8 Å². The van der Waals surface area contributed by atoms with Gasteiger partial charge in [-0.3, -0.25) is 0 Å². The third-order valence-electron chi connectivity index (χ3n) is 3.64. The van der Waals surface area contributed by atoms with Gasteiger partial charge in [0.05, 0.1) is 5.69 Å². The molecule has 5 heteroatoms. The number of carbonyl (C=O) groups excluding carboxylic acids is 1. The molecule has 22 heavy (non-hydrogen) atoms. The lowest BCUT2D eigenvalue weighted by atomic mass is 10.1. The molecule has 0 unspecified atom stereocenters. The molecule has 0 amide bonds. The van der Waals surface area contributed by atoms with E-state index in [9.17, 15) is 4.79 Å². The second-order valence-electron chi connectivity index (χ2n) is 5.35. The van der Waals surface area contributed by atoms with E-state index in [0.29, 0.717) is 16.9 Å². The summed E-state index contributed by atoms with van der Waals surface area (Å²) in [6.07, 6.45) is 3.40. The predicted octanol–water partition coefficient (Wildman–Crippen LogP) is 3.01. The normalized spacial score (nSPS) is 10.9. The van der Waals surface area contributed by atoms with Crippen molar-refractivity contribution >= 4 is 11.6 Å². The molecule has 0 radical (unpaired) electrons. The van der Waals surface area contributed by atoms with E-state index in [1.165, 1.54) is 0 Å². The van der Waals surface area contributed by atoms with E-state index in [2.05, 4.69) is 10.1 Å². The number of hydrogen-bond acceptors (Lipinski definition) is 4. The maximum Gasteiger partial charge on any atom is 0.344 e. The summed E-state index contributed by atoms with van der Waals surface area (Å²) in [7, 11) is 0. The molecule has 2 heterocycles. The summed E-state index contributed by atoms with van der Waals surface area (Å²) in [5.41, 5.74) is 4.82. The van der Waals surface area contributed by atoms with Gasteiger partial charge in [-0.05, 0) is 38.0 Å². The van der Waals surface area contributed by atoms with E-state index in [0.717, 1.165) is 16.7 Å². The fraction of sp³-hybridized carbons (Fsp3) is 0.235. The Kier molecular flexibility index (Phi) is 3.63. The number of carbonyl (C=O) groups is 1. The number of esters is 1. The van der Waals surface area contributed by atoms with Crippen LogP contribution in [0.3, 0.4) is 0 Å². The van der Waals surface area contributed by atoms with E-state index in [1.807, 2.05) is 32.0 Å². The van der Waals surface area contributed by atoms with Crippen LogP contribution in [-0.4, -0.2) is 20.6 Å². The van der Waals surface area contributed by atoms with Gasteiger partial charge < -0.3 is 4.74 Å².